The first-order chi connectivity index (χ1) is 3.93. The van der Waals surface area contributed by atoms with E-state index in [9.17, 15) is 0 Å². The molecular weight excluding hydrogens is 113 g/mol. The van der Waals surface area contributed by atoms with E-state index in [-0.39, 0.29) is 0 Å². The molecule has 36 valence electrons. The van der Waals surface area contributed by atoms with Crippen molar-refractivity contribution < 1.29 is 0 Å². The topological polar surface area (TPSA) is 12.0 Å². The Morgan fingerprint density at radius 1 is 1.12 bits per heavy atom. The van der Waals surface area contributed by atoms with Crippen LogP contribution in [0.15, 0.2) is 30.3 Å². The molecule has 0 aliphatic rings. The third-order valence-corrected chi connectivity index (χ3v) is 1.27. The molecule has 8 heavy (non-hydrogen) atoms. The summed E-state index contributed by atoms with van der Waals surface area (Å²) in [6.07, 6.45) is 0. The number of anilines is 1. The van der Waals surface area contributed by atoms with Gasteiger partial charge in [-0.05, 0) is 0 Å². The summed E-state index contributed by atoms with van der Waals surface area (Å²) in [5.41, 5.74) is 1.12. The maximum absolute atomic E-state index is 2.94. The monoisotopic (exact) mass is 119 g/mol. The van der Waals surface area contributed by atoms with Gasteiger partial charge in [0.2, 0.25) is 0 Å². The Kier molecular flexibility index (Phi) is 1.96. The van der Waals surface area contributed by atoms with Crippen LogP contribution < -0.4 is 4.30 Å². The van der Waals surface area contributed by atoms with Crippen LogP contribution >= 0.6 is 0 Å². The van der Waals surface area contributed by atoms with E-state index in [2.05, 4.69) is 20.8 Å². The molecule has 0 aliphatic heterocycles. The fourth-order valence-electron chi connectivity index (χ4n) is 0.534. The summed E-state index contributed by atoms with van der Waals surface area (Å²) in [6.45, 7) is 0. The molecule has 0 saturated heterocycles. The Bertz CT molecular complexity index is 150. The van der Waals surface area contributed by atoms with Gasteiger partial charge in [-0.25, -0.2) is 0 Å². The van der Waals surface area contributed by atoms with E-state index in [1.165, 1.54) is 0 Å². The predicted octanol–water partition coefficient (Wildman–Crippen LogP) is 1.18. The van der Waals surface area contributed by atoms with Gasteiger partial charge in [-0.2, -0.15) is 0 Å². The first kappa shape index (κ1) is 5.68. The number of nitrogens with one attached hydrogen (secondary N) is 1. The van der Waals surface area contributed by atoms with E-state index in [4.69, 9.17) is 0 Å². The van der Waals surface area contributed by atoms with Crippen molar-refractivity contribution >= 4 is 22.2 Å². The van der Waals surface area contributed by atoms with Crippen molar-refractivity contribution in [3.63, 3.8) is 0 Å². The summed E-state index contributed by atoms with van der Waals surface area (Å²) in [6, 6.07) is 9.99. The summed E-state index contributed by atoms with van der Waals surface area (Å²) < 4.78 is 2.94. The van der Waals surface area contributed by atoms with Gasteiger partial charge in [-0.15, -0.1) is 0 Å². The molecule has 0 fully saturated rings. The Labute approximate surface area is 57.4 Å². The maximum atomic E-state index is 2.94. The molecule has 2 heteroatoms. The first-order valence-electron chi connectivity index (χ1n) is 2.45. The second-order valence-electron chi connectivity index (χ2n) is 1.51. The number of para-hydroxylation sites is 1. The van der Waals surface area contributed by atoms with Gasteiger partial charge in [0.1, 0.15) is 0 Å². The van der Waals surface area contributed by atoms with Gasteiger partial charge in [0.05, 0.1) is 0 Å². The minimum atomic E-state index is 1.12. The van der Waals surface area contributed by atoms with Gasteiger partial charge in [-0.3, -0.25) is 0 Å². The molecule has 0 bridgehead atoms. The van der Waals surface area contributed by atoms with E-state index >= 15 is 0 Å². The molecule has 0 spiro atoms. The zero-order valence-electron chi connectivity index (χ0n) is 4.46. The quantitative estimate of drug-likeness (QED) is 0.547. The van der Waals surface area contributed by atoms with Crippen LogP contribution in [0.2, 0.25) is 0 Å². The van der Waals surface area contributed by atoms with Crippen molar-refractivity contribution in [1.82, 2.24) is 0 Å². The zero-order chi connectivity index (χ0) is 5.82. The van der Waals surface area contributed by atoms with Crippen LogP contribution in [0.4, 0.5) is 5.69 Å². The molecular formula is C6H6AlN+2. The molecule has 1 nitrogen and oxygen atoms in total. The van der Waals surface area contributed by atoms with Crippen LogP contribution in [-0.4, -0.2) is 16.5 Å². The van der Waals surface area contributed by atoms with Crippen molar-refractivity contribution in [2.45, 2.75) is 0 Å². The second kappa shape index (κ2) is 2.76. The predicted molar refractivity (Wildman–Crippen MR) is 35.8 cm³/mol. The van der Waals surface area contributed by atoms with Crippen LogP contribution in [0.1, 0.15) is 0 Å². The molecule has 0 atom stereocenters. The number of rotatable bonds is 1. The third kappa shape index (κ3) is 1.26. The van der Waals surface area contributed by atoms with Crippen molar-refractivity contribution in [3.05, 3.63) is 30.3 Å². The summed E-state index contributed by atoms with van der Waals surface area (Å²) >= 11 is 2.44. The van der Waals surface area contributed by atoms with Crippen LogP contribution in [0.5, 0.6) is 0 Å². The minimum absolute atomic E-state index is 1.12. The molecule has 1 aromatic rings. The van der Waals surface area contributed by atoms with Gasteiger partial charge >= 0.3 is 56.8 Å². The number of hydrogen-bond acceptors (Lipinski definition) is 1. The fourth-order valence-corrected chi connectivity index (χ4v) is 0.727. The summed E-state index contributed by atoms with van der Waals surface area (Å²) in [4.78, 5) is 0. The van der Waals surface area contributed by atoms with E-state index in [0.29, 0.717) is 0 Å². The van der Waals surface area contributed by atoms with E-state index in [0.717, 1.165) is 5.69 Å². The molecule has 1 rings (SSSR count). The van der Waals surface area contributed by atoms with Gasteiger partial charge in [0.15, 0.2) is 0 Å². The first-order valence-corrected chi connectivity index (χ1v) is 3.03. The van der Waals surface area contributed by atoms with Gasteiger partial charge < -0.3 is 0 Å². The molecule has 1 aromatic carbocycles. The van der Waals surface area contributed by atoms with Crippen LogP contribution in [0, 0.1) is 0 Å². The van der Waals surface area contributed by atoms with Crippen LogP contribution in [0.25, 0.3) is 0 Å². The number of benzene rings is 1. The Hall–Kier alpha value is -0.448. The van der Waals surface area contributed by atoms with Gasteiger partial charge in [0.25, 0.3) is 0 Å². The molecule has 0 amide bonds. The van der Waals surface area contributed by atoms with E-state index in [1.54, 1.807) is 0 Å². The second-order valence-corrected chi connectivity index (χ2v) is 1.80. The van der Waals surface area contributed by atoms with Gasteiger partial charge in [0, 0.05) is 0 Å². The van der Waals surface area contributed by atoms with Gasteiger partial charge in [-0.1, -0.05) is 0 Å². The SMILES string of the molecule is [Al+2][NH]c1ccccc1. The average Bonchev–Trinajstić information content (AvgIpc) is 1.90. The van der Waals surface area contributed by atoms with E-state index < -0.39 is 0 Å². The average molecular weight is 119 g/mol. The standard InChI is InChI=1S/C6H6N.Al/c7-6-4-2-1-3-5-6;/h1-5,7H;/q-1;+3. The van der Waals surface area contributed by atoms with Crippen molar-refractivity contribution in [2.24, 2.45) is 0 Å². The van der Waals surface area contributed by atoms with Crippen molar-refractivity contribution in [2.75, 3.05) is 4.30 Å². The number of hydrogen-bond donors (Lipinski definition) is 1. The molecule has 0 aliphatic carbocycles. The van der Waals surface area contributed by atoms with Crippen molar-refractivity contribution in [1.29, 1.82) is 0 Å². The Balaban J connectivity index is 2.83. The third-order valence-electron chi connectivity index (χ3n) is 0.940. The zero-order valence-corrected chi connectivity index (χ0v) is 5.62. The summed E-state index contributed by atoms with van der Waals surface area (Å²) in [5, 5.41) is 0. The Morgan fingerprint density at radius 2 is 1.75 bits per heavy atom. The molecule has 0 aromatic heterocycles. The van der Waals surface area contributed by atoms with Crippen molar-refractivity contribution in [3.8, 4) is 0 Å². The molecule has 1 N–H and O–H groups in total. The fraction of sp³-hybridized carbons (Fsp3) is 0. The van der Waals surface area contributed by atoms with Crippen LogP contribution in [0.3, 0.4) is 0 Å². The molecule has 0 radical (unpaired) electrons. The summed E-state index contributed by atoms with van der Waals surface area (Å²) in [7, 11) is 0. The molecule has 0 unspecified atom stereocenters. The normalized spacial score (nSPS) is 8.75. The van der Waals surface area contributed by atoms with Crippen LogP contribution in [-0.2, 0) is 0 Å². The summed E-state index contributed by atoms with van der Waals surface area (Å²) in [5.74, 6) is 0. The molecule has 0 saturated carbocycles. The Morgan fingerprint density at radius 3 is 2.12 bits per heavy atom. The van der Waals surface area contributed by atoms with E-state index in [1.807, 2.05) is 30.3 Å². The molecule has 0 heterocycles.